The van der Waals surface area contributed by atoms with Gasteiger partial charge in [0.1, 0.15) is 0 Å². The average Bonchev–Trinajstić information content (AvgIpc) is 3.02. The molecule has 0 aliphatic rings. The van der Waals surface area contributed by atoms with Crippen molar-refractivity contribution in [3.05, 3.63) is 34.0 Å². The van der Waals surface area contributed by atoms with Gasteiger partial charge in [0.05, 0.1) is 16.6 Å². The molecule has 2 aromatic heterocycles. The molecule has 0 saturated heterocycles. The summed E-state index contributed by atoms with van der Waals surface area (Å²) in [7, 11) is 0. The van der Waals surface area contributed by atoms with Crippen LogP contribution in [0.4, 0.5) is 5.95 Å². The van der Waals surface area contributed by atoms with Crippen molar-refractivity contribution in [2.45, 2.75) is 18.2 Å². The largest absolute Gasteiger partial charge is 0.368 e. The van der Waals surface area contributed by atoms with E-state index in [2.05, 4.69) is 22.1 Å². The highest BCUT2D eigenvalue weighted by atomic mass is 35.5. The molecule has 0 atom stereocenters. The fourth-order valence-corrected chi connectivity index (χ4v) is 3.33. The van der Waals surface area contributed by atoms with Crippen LogP contribution in [0.2, 0.25) is 4.34 Å². The molecule has 9 heteroatoms. The van der Waals surface area contributed by atoms with Crippen LogP contribution in [0.1, 0.15) is 4.88 Å². The van der Waals surface area contributed by atoms with E-state index in [0.717, 1.165) is 4.88 Å². The molecule has 0 bridgehead atoms. The zero-order valence-corrected chi connectivity index (χ0v) is 13.5. The van der Waals surface area contributed by atoms with Gasteiger partial charge in [0, 0.05) is 11.4 Å². The van der Waals surface area contributed by atoms with Gasteiger partial charge in [-0.2, -0.15) is 0 Å². The second kappa shape index (κ2) is 7.48. The highest BCUT2D eigenvalue weighted by Crippen LogP contribution is 2.21. The van der Waals surface area contributed by atoms with Crippen LogP contribution in [-0.2, 0) is 17.9 Å². The van der Waals surface area contributed by atoms with E-state index < -0.39 is 0 Å². The first-order valence-electron chi connectivity index (χ1n) is 6.03. The van der Waals surface area contributed by atoms with Crippen molar-refractivity contribution in [2.75, 3.05) is 11.5 Å². The number of nitrogens with one attached hydrogen (secondary N) is 1. The maximum Gasteiger partial charge on any atom is 0.230 e. The molecule has 0 unspecified atom stereocenters. The number of anilines is 1. The molecule has 6 nitrogen and oxygen atoms in total. The Morgan fingerprint density at radius 3 is 3.05 bits per heavy atom. The number of amides is 1. The molecule has 112 valence electrons. The number of nitrogens with zero attached hydrogens (tertiary/aromatic N) is 3. The van der Waals surface area contributed by atoms with Crippen LogP contribution in [0.3, 0.4) is 0 Å². The van der Waals surface area contributed by atoms with Crippen LogP contribution in [0, 0.1) is 0 Å². The number of thioether (sulfide) groups is 1. The highest BCUT2D eigenvalue weighted by molar-refractivity contribution is 7.99. The summed E-state index contributed by atoms with van der Waals surface area (Å²) < 4.78 is 2.41. The number of halogens is 1. The Balaban J connectivity index is 1.82. The molecule has 2 aromatic rings. The van der Waals surface area contributed by atoms with Gasteiger partial charge < -0.3 is 11.1 Å². The summed E-state index contributed by atoms with van der Waals surface area (Å²) in [6.07, 6.45) is 1.70. The van der Waals surface area contributed by atoms with Crippen LogP contribution in [0.25, 0.3) is 0 Å². The lowest BCUT2D eigenvalue weighted by atomic mass is 10.4. The van der Waals surface area contributed by atoms with Crippen LogP contribution in [-0.4, -0.2) is 26.4 Å². The molecule has 21 heavy (non-hydrogen) atoms. The third kappa shape index (κ3) is 4.48. The van der Waals surface area contributed by atoms with Crippen molar-refractivity contribution in [2.24, 2.45) is 0 Å². The van der Waals surface area contributed by atoms with Gasteiger partial charge in [-0.15, -0.1) is 28.1 Å². The number of hydrogen-bond acceptors (Lipinski definition) is 6. The predicted octanol–water partition coefficient (Wildman–Crippen LogP) is 2.17. The van der Waals surface area contributed by atoms with E-state index in [4.69, 9.17) is 17.3 Å². The Morgan fingerprint density at radius 2 is 2.38 bits per heavy atom. The monoisotopic (exact) mass is 343 g/mol. The average molecular weight is 344 g/mol. The number of nitrogen functional groups attached to an aromatic ring is 1. The minimum absolute atomic E-state index is 0.0868. The van der Waals surface area contributed by atoms with E-state index in [9.17, 15) is 4.79 Å². The number of thiophene rings is 1. The Kier molecular flexibility index (Phi) is 5.66. The number of carbonyl (C=O) groups excluding carboxylic acids is 1. The second-order valence-corrected chi connectivity index (χ2v) is 6.75. The van der Waals surface area contributed by atoms with Crippen LogP contribution < -0.4 is 11.1 Å². The standard InChI is InChI=1S/C12H14ClN5OS2/c1-2-5-18-11(14)16-17-12(18)20-7-10(19)15-6-8-3-4-9(13)21-8/h2-4H,1,5-7H2,(H2,14,16)(H,15,19). The van der Waals surface area contributed by atoms with Crippen LogP contribution >= 0.6 is 34.7 Å². The number of aromatic nitrogens is 3. The summed E-state index contributed by atoms with van der Waals surface area (Å²) >= 11 is 8.56. The molecule has 2 heterocycles. The molecule has 0 aromatic carbocycles. The van der Waals surface area contributed by atoms with Crippen molar-refractivity contribution in [1.82, 2.24) is 20.1 Å². The highest BCUT2D eigenvalue weighted by Gasteiger charge is 2.11. The minimum atomic E-state index is -0.0868. The first-order chi connectivity index (χ1) is 10.1. The lowest BCUT2D eigenvalue weighted by Crippen LogP contribution is -2.24. The van der Waals surface area contributed by atoms with E-state index in [-0.39, 0.29) is 11.7 Å². The molecule has 0 saturated carbocycles. The molecule has 1 amide bonds. The van der Waals surface area contributed by atoms with Gasteiger partial charge in [0.25, 0.3) is 0 Å². The van der Waals surface area contributed by atoms with Gasteiger partial charge in [-0.05, 0) is 12.1 Å². The molecule has 0 spiro atoms. The Bertz CT molecular complexity index is 639. The number of carbonyl (C=O) groups is 1. The topological polar surface area (TPSA) is 85.8 Å². The number of rotatable bonds is 7. The van der Waals surface area contributed by atoms with E-state index in [1.807, 2.05) is 12.1 Å². The maximum absolute atomic E-state index is 11.8. The number of hydrogen-bond donors (Lipinski definition) is 2. The van der Waals surface area contributed by atoms with E-state index in [1.165, 1.54) is 23.1 Å². The van der Waals surface area contributed by atoms with Crippen molar-refractivity contribution in [1.29, 1.82) is 0 Å². The molecule has 0 radical (unpaired) electrons. The van der Waals surface area contributed by atoms with Gasteiger partial charge in [-0.25, -0.2) is 0 Å². The second-order valence-electron chi connectivity index (χ2n) is 4.01. The van der Waals surface area contributed by atoms with Gasteiger partial charge in [0.2, 0.25) is 11.9 Å². The molecule has 0 fully saturated rings. The first kappa shape index (κ1) is 15.9. The molecular weight excluding hydrogens is 330 g/mol. The van der Waals surface area contributed by atoms with Gasteiger partial charge in [-0.3, -0.25) is 9.36 Å². The summed E-state index contributed by atoms with van der Waals surface area (Å²) in [5.74, 6) is 0.469. The first-order valence-corrected chi connectivity index (χ1v) is 8.21. The fourth-order valence-electron chi connectivity index (χ4n) is 1.52. The summed E-state index contributed by atoms with van der Waals surface area (Å²) in [6, 6.07) is 3.70. The van der Waals surface area contributed by atoms with Crippen LogP contribution in [0.5, 0.6) is 0 Å². The van der Waals surface area contributed by atoms with Crippen molar-refractivity contribution in [3.8, 4) is 0 Å². The van der Waals surface area contributed by atoms with Crippen molar-refractivity contribution >= 4 is 46.6 Å². The van der Waals surface area contributed by atoms with E-state index in [0.29, 0.717) is 28.5 Å². The van der Waals surface area contributed by atoms with Gasteiger partial charge in [0.15, 0.2) is 5.16 Å². The third-order valence-electron chi connectivity index (χ3n) is 2.48. The Hall–Kier alpha value is -1.51. The molecule has 0 aliphatic carbocycles. The minimum Gasteiger partial charge on any atom is -0.368 e. The van der Waals surface area contributed by atoms with Crippen molar-refractivity contribution in [3.63, 3.8) is 0 Å². The summed E-state index contributed by atoms with van der Waals surface area (Å²) in [4.78, 5) is 12.8. The Labute approximate surface area is 135 Å². The normalized spacial score (nSPS) is 10.5. The number of nitrogens with two attached hydrogens (primary N) is 1. The molecule has 0 aliphatic heterocycles. The lowest BCUT2D eigenvalue weighted by molar-refractivity contribution is -0.118. The molecule has 3 N–H and O–H groups in total. The number of allylic oxidation sites excluding steroid dienone is 1. The molecule has 2 rings (SSSR count). The maximum atomic E-state index is 11.8. The quantitative estimate of drug-likeness (QED) is 0.594. The fraction of sp³-hybridized carbons (Fsp3) is 0.250. The SMILES string of the molecule is C=CCn1c(N)nnc1SCC(=O)NCc1ccc(Cl)s1. The lowest BCUT2D eigenvalue weighted by Gasteiger charge is -2.05. The molecular formula is C12H14ClN5OS2. The summed E-state index contributed by atoms with van der Waals surface area (Å²) in [5.41, 5.74) is 5.69. The van der Waals surface area contributed by atoms with Crippen LogP contribution in [0.15, 0.2) is 29.9 Å². The summed E-state index contributed by atoms with van der Waals surface area (Å²) in [6.45, 7) is 4.63. The zero-order chi connectivity index (χ0) is 15.2. The zero-order valence-electron chi connectivity index (χ0n) is 11.1. The van der Waals surface area contributed by atoms with Gasteiger partial charge in [-0.1, -0.05) is 29.4 Å². The van der Waals surface area contributed by atoms with Gasteiger partial charge >= 0.3 is 0 Å². The Morgan fingerprint density at radius 1 is 1.57 bits per heavy atom. The summed E-state index contributed by atoms with van der Waals surface area (Å²) in [5, 5.41) is 11.1. The predicted molar refractivity (Wildman–Crippen MR) is 86.5 cm³/mol. The smallest absolute Gasteiger partial charge is 0.230 e. The van der Waals surface area contributed by atoms with Crippen molar-refractivity contribution < 1.29 is 4.79 Å². The van der Waals surface area contributed by atoms with E-state index >= 15 is 0 Å². The third-order valence-corrected chi connectivity index (χ3v) is 4.68. The van der Waals surface area contributed by atoms with E-state index in [1.54, 1.807) is 10.6 Å².